The number of ether oxygens (including phenoxy) is 1. The Labute approximate surface area is 106 Å². The van der Waals surface area contributed by atoms with Crippen molar-refractivity contribution in [3.05, 3.63) is 50.6 Å². The molecule has 2 rings (SSSR count). The Balaban J connectivity index is 2.00. The van der Waals surface area contributed by atoms with Gasteiger partial charge in [0.2, 0.25) is 0 Å². The SMILES string of the molecule is N#Cc1ccc(OCc2sccc2Br)cc1. The van der Waals surface area contributed by atoms with E-state index in [1.54, 1.807) is 35.6 Å². The molecule has 0 radical (unpaired) electrons. The van der Waals surface area contributed by atoms with Gasteiger partial charge in [-0.05, 0) is 51.6 Å². The fourth-order valence-electron chi connectivity index (χ4n) is 1.20. The highest BCUT2D eigenvalue weighted by Gasteiger charge is 2.02. The number of thiophene rings is 1. The second kappa shape index (κ2) is 5.15. The summed E-state index contributed by atoms with van der Waals surface area (Å²) in [6, 6.07) is 11.2. The first-order chi connectivity index (χ1) is 7.79. The highest BCUT2D eigenvalue weighted by molar-refractivity contribution is 9.10. The first-order valence-corrected chi connectivity index (χ1v) is 6.31. The maximum Gasteiger partial charge on any atom is 0.124 e. The van der Waals surface area contributed by atoms with E-state index in [0.717, 1.165) is 15.1 Å². The Hall–Kier alpha value is -1.31. The highest BCUT2D eigenvalue weighted by Crippen LogP contribution is 2.24. The first-order valence-electron chi connectivity index (χ1n) is 4.64. The Bertz CT molecular complexity index is 513. The molecule has 0 amide bonds. The predicted molar refractivity (Wildman–Crippen MR) is 67.5 cm³/mol. The fraction of sp³-hybridized carbons (Fsp3) is 0.0833. The topological polar surface area (TPSA) is 33.0 Å². The zero-order valence-electron chi connectivity index (χ0n) is 8.31. The molecule has 0 saturated carbocycles. The number of nitrogens with zero attached hydrogens (tertiary/aromatic N) is 1. The highest BCUT2D eigenvalue weighted by atomic mass is 79.9. The first kappa shape index (κ1) is 11.2. The average molecular weight is 294 g/mol. The minimum atomic E-state index is 0.546. The molecule has 0 bridgehead atoms. The summed E-state index contributed by atoms with van der Waals surface area (Å²) in [6.45, 7) is 0.546. The molecular formula is C12H8BrNOS. The van der Waals surface area contributed by atoms with Crippen molar-refractivity contribution < 1.29 is 4.74 Å². The van der Waals surface area contributed by atoms with Crippen LogP contribution in [0.3, 0.4) is 0 Å². The lowest BCUT2D eigenvalue weighted by Crippen LogP contribution is -1.93. The Morgan fingerprint density at radius 3 is 2.56 bits per heavy atom. The van der Waals surface area contributed by atoms with Gasteiger partial charge in [-0.25, -0.2) is 0 Å². The molecule has 0 fully saturated rings. The summed E-state index contributed by atoms with van der Waals surface area (Å²) in [5.41, 5.74) is 0.643. The van der Waals surface area contributed by atoms with Gasteiger partial charge in [0.05, 0.1) is 16.5 Å². The lowest BCUT2D eigenvalue weighted by atomic mass is 10.2. The number of benzene rings is 1. The Morgan fingerprint density at radius 2 is 2.00 bits per heavy atom. The van der Waals surface area contributed by atoms with Crippen molar-refractivity contribution in [2.75, 3.05) is 0 Å². The van der Waals surface area contributed by atoms with Crippen molar-refractivity contribution in [1.82, 2.24) is 0 Å². The zero-order valence-corrected chi connectivity index (χ0v) is 10.7. The smallest absolute Gasteiger partial charge is 0.124 e. The van der Waals surface area contributed by atoms with Crippen molar-refractivity contribution in [2.24, 2.45) is 0 Å². The molecule has 4 heteroatoms. The van der Waals surface area contributed by atoms with Gasteiger partial charge in [-0.15, -0.1) is 11.3 Å². The van der Waals surface area contributed by atoms with Crippen LogP contribution in [-0.2, 0) is 6.61 Å². The molecule has 1 aromatic carbocycles. The van der Waals surface area contributed by atoms with Crippen molar-refractivity contribution in [2.45, 2.75) is 6.61 Å². The van der Waals surface area contributed by atoms with Crippen molar-refractivity contribution in [1.29, 1.82) is 5.26 Å². The maximum absolute atomic E-state index is 8.65. The van der Waals surface area contributed by atoms with Crippen LogP contribution in [0.4, 0.5) is 0 Å². The van der Waals surface area contributed by atoms with Crippen LogP contribution in [0.5, 0.6) is 5.75 Å². The number of hydrogen-bond donors (Lipinski definition) is 0. The van der Waals surface area contributed by atoms with Crippen molar-refractivity contribution >= 4 is 27.3 Å². The molecule has 0 spiro atoms. The van der Waals surface area contributed by atoms with Gasteiger partial charge in [-0.1, -0.05) is 0 Å². The normalized spacial score (nSPS) is 9.75. The van der Waals surface area contributed by atoms with Crippen LogP contribution in [0.1, 0.15) is 10.4 Å². The molecule has 0 saturated heterocycles. The molecule has 0 N–H and O–H groups in total. The van der Waals surface area contributed by atoms with Gasteiger partial charge in [0, 0.05) is 4.47 Å². The molecule has 0 aliphatic rings. The second-order valence-electron chi connectivity index (χ2n) is 3.12. The van der Waals surface area contributed by atoms with E-state index >= 15 is 0 Å². The van der Waals surface area contributed by atoms with Crippen molar-refractivity contribution in [3.8, 4) is 11.8 Å². The molecule has 16 heavy (non-hydrogen) atoms. The average Bonchev–Trinajstić information content (AvgIpc) is 2.73. The van der Waals surface area contributed by atoms with E-state index in [4.69, 9.17) is 10.00 Å². The molecular weight excluding hydrogens is 286 g/mol. The van der Waals surface area contributed by atoms with Gasteiger partial charge < -0.3 is 4.74 Å². The van der Waals surface area contributed by atoms with Gasteiger partial charge in [0.25, 0.3) is 0 Å². The van der Waals surface area contributed by atoms with E-state index in [2.05, 4.69) is 22.0 Å². The van der Waals surface area contributed by atoms with Crippen LogP contribution in [0.25, 0.3) is 0 Å². The molecule has 0 aliphatic heterocycles. The lowest BCUT2D eigenvalue weighted by molar-refractivity contribution is 0.309. The third-order valence-electron chi connectivity index (χ3n) is 2.04. The van der Waals surface area contributed by atoms with Gasteiger partial charge in [0.15, 0.2) is 0 Å². The molecule has 2 aromatic rings. The number of nitriles is 1. The van der Waals surface area contributed by atoms with Crippen LogP contribution in [-0.4, -0.2) is 0 Å². The molecule has 0 atom stereocenters. The minimum absolute atomic E-state index is 0.546. The van der Waals surface area contributed by atoms with Crippen LogP contribution in [0.15, 0.2) is 40.2 Å². The monoisotopic (exact) mass is 293 g/mol. The molecule has 0 aliphatic carbocycles. The summed E-state index contributed by atoms with van der Waals surface area (Å²) < 4.78 is 6.68. The summed E-state index contributed by atoms with van der Waals surface area (Å²) in [5.74, 6) is 0.777. The summed E-state index contributed by atoms with van der Waals surface area (Å²) >= 11 is 5.10. The van der Waals surface area contributed by atoms with Gasteiger partial charge in [-0.3, -0.25) is 0 Å². The maximum atomic E-state index is 8.65. The number of rotatable bonds is 3. The van der Waals surface area contributed by atoms with Crippen LogP contribution >= 0.6 is 27.3 Å². The number of hydrogen-bond acceptors (Lipinski definition) is 3. The van der Waals surface area contributed by atoms with Gasteiger partial charge in [-0.2, -0.15) is 5.26 Å². The van der Waals surface area contributed by atoms with E-state index in [9.17, 15) is 0 Å². The molecule has 1 heterocycles. The molecule has 2 nitrogen and oxygen atoms in total. The van der Waals surface area contributed by atoms with E-state index in [-0.39, 0.29) is 0 Å². The molecule has 1 aromatic heterocycles. The predicted octanol–water partition coefficient (Wildman–Crippen LogP) is 3.96. The van der Waals surface area contributed by atoms with E-state index in [0.29, 0.717) is 12.2 Å². The summed E-state index contributed by atoms with van der Waals surface area (Å²) in [4.78, 5) is 1.16. The lowest BCUT2D eigenvalue weighted by Gasteiger charge is -2.04. The van der Waals surface area contributed by atoms with Gasteiger partial charge in [0.1, 0.15) is 12.4 Å². The zero-order chi connectivity index (χ0) is 11.4. The van der Waals surface area contributed by atoms with Crippen LogP contribution in [0.2, 0.25) is 0 Å². The summed E-state index contributed by atoms with van der Waals surface area (Å²) in [5, 5.41) is 10.7. The molecule has 80 valence electrons. The van der Waals surface area contributed by atoms with Crippen LogP contribution < -0.4 is 4.74 Å². The van der Waals surface area contributed by atoms with Crippen LogP contribution in [0, 0.1) is 11.3 Å². The Morgan fingerprint density at radius 1 is 1.25 bits per heavy atom. The largest absolute Gasteiger partial charge is 0.488 e. The summed E-state index contributed by atoms with van der Waals surface area (Å²) in [6.07, 6.45) is 0. The molecule has 0 unspecified atom stereocenters. The summed E-state index contributed by atoms with van der Waals surface area (Å²) in [7, 11) is 0. The third-order valence-corrected chi connectivity index (χ3v) is 3.94. The van der Waals surface area contributed by atoms with Crippen molar-refractivity contribution in [3.63, 3.8) is 0 Å². The van der Waals surface area contributed by atoms with E-state index in [1.165, 1.54) is 0 Å². The standard InChI is InChI=1S/C12H8BrNOS/c13-11-5-6-16-12(11)8-15-10-3-1-9(7-14)2-4-10/h1-6H,8H2. The van der Waals surface area contributed by atoms with E-state index < -0.39 is 0 Å². The minimum Gasteiger partial charge on any atom is -0.488 e. The Kier molecular flexibility index (Phi) is 3.60. The quantitative estimate of drug-likeness (QED) is 0.858. The van der Waals surface area contributed by atoms with Gasteiger partial charge >= 0.3 is 0 Å². The third kappa shape index (κ3) is 2.63. The fourth-order valence-corrected chi connectivity index (χ4v) is 2.58. The number of halogens is 1. The van der Waals surface area contributed by atoms with E-state index in [1.807, 2.05) is 11.4 Å². The second-order valence-corrected chi connectivity index (χ2v) is 4.97.